The highest BCUT2D eigenvalue weighted by Gasteiger charge is 2.30. The maximum absolute atomic E-state index is 13.0. The van der Waals surface area contributed by atoms with Gasteiger partial charge in [-0.15, -0.1) is 0 Å². The molecular weight excluding hydrogens is 245 g/mol. The Morgan fingerprint density at radius 1 is 1.59 bits per heavy atom. The van der Waals surface area contributed by atoms with Crippen LogP contribution in [0, 0.1) is 5.82 Å². The van der Waals surface area contributed by atoms with Gasteiger partial charge in [0, 0.05) is 17.0 Å². The smallest absolute Gasteiger partial charge is 0.306 e. The Bertz CT molecular complexity index is 425. The standard InChI is InChI=1S/C12H15ClFNO2/c1-12(7-15,6-11(16)17-2)9-4-3-8(14)5-10(9)13/h3-5H,6-7,15H2,1-2H3. The van der Waals surface area contributed by atoms with Crippen LogP contribution in [0.25, 0.3) is 0 Å². The summed E-state index contributed by atoms with van der Waals surface area (Å²) in [4.78, 5) is 11.3. The minimum Gasteiger partial charge on any atom is -0.469 e. The highest BCUT2D eigenvalue weighted by atomic mass is 35.5. The van der Waals surface area contributed by atoms with Crippen molar-refractivity contribution >= 4 is 17.6 Å². The van der Waals surface area contributed by atoms with E-state index in [9.17, 15) is 9.18 Å². The first-order chi connectivity index (χ1) is 7.92. The van der Waals surface area contributed by atoms with Gasteiger partial charge < -0.3 is 10.5 Å². The fraction of sp³-hybridized carbons (Fsp3) is 0.417. The van der Waals surface area contributed by atoms with Gasteiger partial charge in [0.2, 0.25) is 0 Å². The van der Waals surface area contributed by atoms with Crippen LogP contribution in [0.2, 0.25) is 5.02 Å². The third-order valence-corrected chi connectivity index (χ3v) is 3.11. The summed E-state index contributed by atoms with van der Waals surface area (Å²) in [6, 6.07) is 4.06. The fourth-order valence-electron chi connectivity index (χ4n) is 1.65. The van der Waals surface area contributed by atoms with Gasteiger partial charge in [0.05, 0.1) is 13.5 Å². The summed E-state index contributed by atoms with van der Waals surface area (Å²) in [5.74, 6) is -0.797. The molecule has 0 radical (unpaired) electrons. The molecule has 0 spiro atoms. The molecule has 5 heteroatoms. The summed E-state index contributed by atoms with van der Waals surface area (Å²) >= 11 is 5.97. The summed E-state index contributed by atoms with van der Waals surface area (Å²) in [6.07, 6.45) is 0.103. The first-order valence-electron chi connectivity index (χ1n) is 5.15. The molecule has 94 valence electrons. The number of methoxy groups -OCH3 is 1. The first kappa shape index (κ1) is 13.9. The number of hydrogen-bond donors (Lipinski definition) is 1. The molecule has 1 aromatic rings. The Balaban J connectivity index is 3.11. The van der Waals surface area contributed by atoms with E-state index in [1.807, 2.05) is 0 Å². The molecule has 1 atom stereocenters. The molecule has 0 saturated carbocycles. The van der Waals surface area contributed by atoms with Gasteiger partial charge in [0.15, 0.2) is 0 Å². The molecule has 1 aromatic carbocycles. The van der Waals surface area contributed by atoms with Crippen LogP contribution in [0.5, 0.6) is 0 Å². The molecule has 0 aliphatic carbocycles. The number of ether oxygens (including phenoxy) is 1. The summed E-state index contributed by atoms with van der Waals surface area (Å²) in [7, 11) is 1.31. The van der Waals surface area contributed by atoms with E-state index in [1.165, 1.54) is 19.2 Å². The second-order valence-corrected chi connectivity index (χ2v) is 4.55. The number of esters is 1. The van der Waals surface area contributed by atoms with Crippen molar-refractivity contribution in [1.82, 2.24) is 0 Å². The SMILES string of the molecule is COC(=O)CC(C)(CN)c1ccc(F)cc1Cl. The number of carbonyl (C=O) groups is 1. The number of benzene rings is 1. The van der Waals surface area contributed by atoms with E-state index in [0.29, 0.717) is 5.56 Å². The predicted molar refractivity (Wildman–Crippen MR) is 64.4 cm³/mol. The molecule has 0 aromatic heterocycles. The van der Waals surface area contributed by atoms with Gasteiger partial charge in [0.25, 0.3) is 0 Å². The molecule has 0 fully saturated rings. The van der Waals surface area contributed by atoms with Gasteiger partial charge in [-0.1, -0.05) is 24.6 Å². The molecule has 1 rings (SSSR count). The average Bonchev–Trinajstić information content (AvgIpc) is 2.28. The van der Waals surface area contributed by atoms with Crippen molar-refractivity contribution < 1.29 is 13.9 Å². The number of halogens is 2. The summed E-state index contributed by atoms with van der Waals surface area (Å²) in [5, 5.41) is 0.266. The zero-order valence-electron chi connectivity index (χ0n) is 9.80. The minimum atomic E-state index is -0.655. The average molecular weight is 260 g/mol. The van der Waals surface area contributed by atoms with Crippen molar-refractivity contribution in [2.24, 2.45) is 5.73 Å². The zero-order valence-corrected chi connectivity index (χ0v) is 10.6. The number of nitrogens with two attached hydrogens (primary N) is 1. The van der Waals surface area contributed by atoms with Crippen molar-refractivity contribution in [2.45, 2.75) is 18.8 Å². The second kappa shape index (κ2) is 5.47. The van der Waals surface area contributed by atoms with Crippen LogP contribution in [0.1, 0.15) is 18.9 Å². The number of hydrogen-bond acceptors (Lipinski definition) is 3. The van der Waals surface area contributed by atoms with E-state index in [4.69, 9.17) is 17.3 Å². The second-order valence-electron chi connectivity index (χ2n) is 4.14. The van der Waals surface area contributed by atoms with Crippen LogP contribution >= 0.6 is 11.6 Å². The molecule has 0 saturated heterocycles. The Kier molecular flexibility index (Phi) is 4.48. The van der Waals surface area contributed by atoms with Crippen molar-refractivity contribution in [3.63, 3.8) is 0 Å². The quantitative estimate of drug-likeness (QED) is 0.844. The Morgan fingerprint density at radius 2 is 2.24 bits per heavy atom. The topological polar surface area (TPSA) is 52.3 Å². The fourth-order valence-corrected chi connectivity index (χ4v) is 2.04. The highest BCUT2D eigenvalue weighted by Crippen LogP contribution is 2.33. The largest absolute Gasteiger partial charge is 0.469 e. The van der Waals surface area contributed by atoms with E-state index < -0.39 is 11.2 Å². The van der Waals surface area contributed by atoms with Gasteiger partial charge in [-0.05, 0) is 17.7 Å². The van der Waals surface area contributed by atoms with Gasteiger partial charge >= 0.3 is 5.97 Å². The molecule has 2 N–H and O–H groups in total. The molecule has 0 aliphatic rings. The Labute approximate surface area is 105 Å². The van der Waals surface area contributed by atoms with Gasteiger partial charge in [-0.2, -0.15) is 0 Å². The van der Waals surface area contributed by atoms with Crippen LogP contribution in [-0.2, 0) is 14.9 Å². The minimum absolute atomic E-state index is 0.103. The Morgan fingerprint density at radius 3 is 2.71 bits per heavy atom. The molecule has 0 aliphatic heterocycles. The third-order valence-electron chi connectivity index (χ3n) is 2.79. The maximum Gasteiger partial charge on any atom is 0.306 e. The third kappa shape index (κ3) is 3.17. The van der Waals surface area contributed by atoms with E-state index in [0.717, 1.165) is 0 Å². The van der Waals surface area contributed by atoms with Crippen LogP contribution in [-0.4, -0.2) is 19.6 Å². The normalized spacial score (nSPS) is 14.2. The number of carbonyl (C=O) groups excluding carboxylic acids is 1. The van der Waals surface area contributed by atoms with E-state index in [-0.39, 0.29) is 24.0 Å². The monoisotopic (exact) mass is 259 g/mol. The lowest BCUT2D eigenvalue weighted by molar-refractivity contribution is -0.141. The maximum atomic E-state index is 13.0. The predicted octanol–water partition coefficient (Wildman–Crippen LogP) is 2.26. The van der Waals surface area contributed by atoms with Gasteiger partial charge in [0.1, 0.15) is 5.82 Å². The van der Waals surface area contributed by atoms with Crippen molar-refractivity contribution in [2.75, 3.05) is 13.7 Å². The van der Waals surface area contributed by atoms with E-state index in [2.05, 4.69) is 4.74 Å². The number of rotatable bonds is 4. The molecule has 0 heterocycles. The lowest BCUT2D eigenvalue weighted by Crippen LogP contribution is -2.35. The van der Waals surface area contributed by atoms with Crippen LogP contribution in [0.3, 0.4) is 0 Å². The molecular formula is C12H15ClFNO2. The molecule has 3 nitrogen and oxygen atoms in total. The van der Waals surface area contributed by atoms with Crippen molar-refractivity contribution in [3.05, 3.63) is 34.6 Å². The van der Waals surface area contributed by atoms with E-state index in [1.54, 1.807) is 13.0 Å². The van der Waals surface area contributed by atoms with Crippen LogP contribution in [0.4, 0.5) is 4.39 Å². The van der Waals surface area contributed by atoms with Gasteiger partial charge in [-0.25, -0.2) is 4.39 Å². The molecule has 1 unspecified atom stereocenters. The lowest BCUT2D eigenvalue weighted by Gasteiger charge is -2.28. The van der Waals surface area contributed by atoms with Crippen LogP contribution < -0.4 is 5.73 Å². The van der Waals surface area contributed by atoms with Crippen LogP contribution in [0.15, 0.2) is 18.2 Å². The molecule has 0 amide bonds. The van der Waals surface area contributed by atoms with E-state index >= 15 is 0 Å². The van der Waals surface area contributed by atoms with Gasteiger partial charge in [-0.3, -0.25) is 4.79 Å². The van der Waals surface area contributed by atoms with Crippen molar-refractivity contribution in [3.8, 4) is 0 Å². The molecule has 0 bridgehead atoms. The highest BCUT2D eigenvalue weighted by molar-refractivity contribution is 6.31. The first-order valence-corrected chi connectivity index (χ1v) is 5.53. The summed E-state index contributed by atoms with van der Waals surface area (Å²) in [5.41, 5.74) is 5.68. The Hall–Kier alpha value is -1.13. The zero-order chi connectivity index (χ0) is 13.1. The molecule has 17 heavy (non-hydrogen) atoms. The summed E-state index contributed by atoms with van der Waals surface area (Å²) < 4.78 is 17.6. The summed E-state index contributed by atoms with van der Waals surface area (Å²) in [6.45, 7) is 2.01. The van der Waals surface area contributed by atoms with Crippen molar-refractivity contribution in [1.29, 1.82) is 0 Å². The lowest BCUT2D eigenvalue weighted by atomic mass is 9.79.